The number of benzene rings is 3. The number of hydrogen-bond donors (Lipinski definition) is 0. The Labute approximate surface area is 185 Å². The van der Waals surface area contributed by atoms with Crippen LogP contribution in [0, 0.1) is 12.7 Å². The zero-order chi connectivity index (χ0) is 23.0. The van der Waals surface area contributed by atoms with E-state index in [4.69, 9.17) is 9.15 Å². The summed E-state index contributed by atoms with van der Waals surface area (Å²) in [6, 6.07) is 17.8. The molecule has 0 aliphatic carbocycles. The SMILES string of the molecule is Cc1ccc2oc(-c3ccc(C(C)(C)C)cc3)c(OC(=O)c3ccc(F)cc3)c(=O)c2c1. The van der Waals surface area contributed by atoms with E-state index in [1.807, 2.05) is 37.3 Å². The molecule has 0 fully saturated rings. The number of esters is 1. The second kappa shape index (κ2) is 8.08. The van der Waals surface area contributed by atoms with Gasteiger partial charge in [-0.1, -0.05) is 56.7 Å². The molecular weight excluding hydrogens is 407 g/mol. The quantitative estimate of drug-likeness (QED) is 0.352. The number of halogens is 1. The lowest BCUT2D eigenvalue weighted by atomic mass is 9.86. The summed E-state index contributed by atoms with van der Waals surface area (Å²) >= 11 is 0. The van der Waals surface area contributed by atoms with Crippen LogP contribution >= 0.6 is 0 Å². The highest BCUT2D eigenvalue weighted by molar-refractivity contribution is 5.93. The highest BCUT2D eigenvalue weighted by Crippen LogP contribution is 2.33. The van der Waals surface area contributed by atoms with Crippen molar-refractivity contribution in [1.82, 2.24) is 0 Å². The third-order valence-electron chi connectivity index (χ3n) is 5.29. The second-order valence-electron chi connectivity index (χ2n) is 8.81. The van der Waals surface area contributed by atoms with Gasteiger partial charge in [0.2, 0.25) is 11.2 Å². The maximum Gasteiger partial charge on any atom is 0.343 e. The molecule has 0 aliphatic heterocycles. The number of fused-ring (bicyclic) bond motifs is 1. The summed E-state index contributed by atoms with van der Waals surface area (Å²) in [5, 5.41) is 0.321. The first-order valence-electron chi connectivity index (χ1n) is 10.3. The first-order valence-corrected chi connectivity index (χ1v) is 10.3. The van der Waals surface area contributed by atoms with Gasteiger partial charge in [-0.2, -0.15) is 0 Å². The molecule has 0 N–H and O–H groups in total. The molecule has 1 heterocycles. The Hall–Kier alpha value is -3.73. The Kier molecular flexibility index (Phi) is 5.43. The highest BCUT2D eigenvalue weighted by Gasteiger charge is 2.22. The van der Waals surface area contributed by atoms with E-state index in [-0.39, 0.29) is 22.5 Å². The number of carbonyl (C=O) groups excluding carboxylic acids is 1. The number of carbonyl (C=O) groups is 1. The average molecular weight is 430 g/mol. The van der Waals surface area contributed by atoms with Gasteiger partial charge in [0.05, 0.1) is 10.9 Å². The lowest BCUT2D eigenvalue weighted by molar-refractivity contribution is 0.0731. The molecule has 162 valence electrons. The van der Waals surface area contributed by atoms with Crippen LogP contribution in [0.25, 0.3) is 22.3 Å². The fourth-order valence-corrected chi connectivity index (χ4v) is 3.43. The van der Waals surface area contributed by atoms with Crippen molar-refractivity contribution >= 4 is 16.9 Å². The van der Waals surface area contributed by atoms with Crippen LogP contribution in [0.1, 0.15) is 42.3 Å². The minimum atomic E-state index is -0.767. The summed E-state index contributed by atoms with van der Waals surface area (Å²) in [5.74, 6) is -1.26. The van der Waals surface area contributed by atoms with Gasteiger partial charge in [-0.15, -0.1) is 0 Å². The summed E-state index contributed by atoms with van der Waals surface area (Å²) in [6.07, 6.45) is 0. The molecule has 0 atom stereocenters. The van der Waals surface area contributed by atoms with E-state index in [1.54, 1.807) is 12.1 Å². The van der Waals surface area contributed by atoms with Gasteiger partial charge in [0.15, 0.2) is 5.76 Å². The Morgan fingerprint density at radius 2 is 1.59 bits per heavy atom. The Morgan fingerprint density at radius 1 is 0.938 bits per heavy atom. The Balaban J connectivity index is 1.87. The zero-order valence-electron chi connectivity index (χ0n) is 18.4. The fraction of sp³-hybridized carbons (Fsp3) is 0.185. The largest absolute Gasteiger partial charge is 0.452 e. The predicted octanol–water partition coefficient (Wildman–Crippen LogP) is 6.42. The van der Waals surface area contributed by atoms with E-state index in [2.05, 4.69) is 20.8 Å². The van der Waals surface area contributed by atoms with E-state index < -0.39 is 17.2 Å². The van der Waals surface area contributed by atoms with Crippen LogP contribution < -0.4 is 10.2 Å². The van der Waals surface area contributed by atoms with Crippen molar-refractivity contribution in [3.8, 4) is 17.1 Å². The van der Waals surface area contributed by atoms with Gasteiger partial charge in [0.1, 0.15) is 11.4 Å². The molecule has 3 aromatic carbocycles. The molecule has 0 bridgehead atoms. The van der Waals surface area contributed by atoms with Crippen LogP contribution in [0.4, 0.5) is 4.39 Å². The minimum Gasteiger partial charge on any atom is -0.452 e. The summed E-state index contributed by atoms with van der Waals surface area (Å²) < 4.78 is 24.8. The number of aryl methyl sites for hydroxylation is 1. The van der Waals surface area contributed by atoms with Gasteiger partial charge < -0.3 is 9.15 Å². The van der Waals surface area contributed by atoms with Crippen molar-refractivity contribution in [3.63, 3.8) is 0 Å². The molecule has 0 saturated carbocycles. The second-order valence-corrected chi connectivity index (χ2v) is 8.81. The van der Waals surface area contributed by atoms with Crippen molar-refractivity contribution < 1.29 is 18.3 Å². The van der Waals surface area contributed by atoms with E-state index >= 15 is 0 Å². The third-order valence-corrected chi connectivity index (χ3v) is 5.29. The monoisotopic (exact) mass is 430 g/mol. The molecule has 0 unspecified atom stereocenters. The smallest absolute Gasteiger partial charge is 0.343 e. The summed E-state index contributed by atoms with van der Waals surface area (Å²) in [4.78, 5) is 26.0. The average Bonchev–Trinajstić information content (AvgIpc) is 2.76. The summed E-state index contributed by atoms with van der Waals surface area (Å²) in [5.41, 5.74) is 2.65. The zero-order valence-corrected chi connectivity index (χ0v) is 18.4. The number of hydrogen-bond acceptors (Lipinski definition) is 4. The molecule has 0 spiro atoms. The fourth-order valence-electron chi connectivity index (χ4n) is 3.43. The van der Waals surface area contributed by atoms with Crippen molar-refractivity contribution in [2.24, 2.45) is 0 Å². The minimum absolute atomic E-state index is 0.0435. The van der Waals surface area contributed by atoms with Crippen LogP contribution in [-0.2, 0) is 5.41 Å². The highest BCUT2D eigenvalue weighted by atomic mass is 19.1. The van der Waals surface area contributed by atoms with E-state index in [0.29, 0.717) is 16.5 Å². The molecule has 32 heavy (non-hydrogen) atoms. The molecule has 0 amide bonds. The standard InChI is InChI=1S/C27H23FO4/c1-16-5-14-22-21(15-16)23(29)25(32-26(30)18-8-12-20(28)13-9-18)24(31-22)17-6-10-19(11-7-17)27(2,3)4/h5-15H,1-4H3. The van der Waals surface area contributed by atoms with Crippen molar-refractivity contribution in [3.05, 3.63) is 99.5 Å². The molecule has 0 aliphatic rings. The molecular formula is C27H23FO4. The molecule has 4 nitrogen and oxygen atoms in total. The van der Waals surface area contributed by atoms with Gasteiger partial charge in [-0.3, -0.25) is 4.79 Å². The summed E-state index contributed by atoms with van der Waals surface area (Å²) in [6.45, 7) is 8.19. The van der Waals surface area contributed by atoms with Crippen molar-refractivity contribution in [2.45, 2.75) is 33.1 Å². The van der Waals surface area contributed by atoms with Gasteiger partial charge in [-0.25, -0.2) is 9.18 Å². The van der Waals surface area contributed by atoms with E-state index in [1.165, 1.54) is 12.1 Å². The maximum atomic E-state index is 13.3. The normalized spacial score (nSPS) is 11.5. The lowest BCUT2D eigenvalue weighted by Gasteiger charge is -2.19. The van der Waals surface area contributed by atoms with E-state index in [0.717, 1.165) is 23.3 Å². The first kappa shape index (κ1) is 21.5. The molecule has 4 rings (SSSR count). The first-order chi connectivity index (χ1) is 15.1. The Morgan fingerprint density at radius 3 is 2.22 bits per heavy atom. The molecule has 0 saturated heterocycles. The number of ether oxygens (including phenoxy) is 1. The van der Waals surface area contributed by atoms with Crippen LogP contribution in [0.15, 0.2) is 75.9 Å². The molecule has 0 radical (unpaired) electrons. The van der Waals surface area contributed by atoms with Gasteiger partial charge in [0.25, 0.3) is 0 Å². The van der Waals surface area contributed by atoms with Crippen LogP contribution in [0.5, 0.6) is 5.75 Å². The van der Waals surface area contributed by atoms with Crippen LogP contribution in [0.3, 0.4) is 0 Å². The van der Waals surface area contributed by atoms with Crippen LogP contribution in [-0.4, -0.2) is 5.97 Å². The predicted molar refractivity (Wildman–Crippen MR) is 123 cm³/mol. The van der Waals surface area contributed by atoms with Crippen molar-refractivity contribution in [1.29, 1.82) is 0 Å². The summed E-state index contributed by atoms with van der Waals surface area (Å²) in [7, 11) is 0. The van der Waals surface area contributed by atoms with Crippen molar-refractivity contribution in [2.75, 3.05) is 0 Å². The van der Waals surface area contributed by atoms with Gasteiger partial charge in [0, 0.05) is 5.56 Å². The Bertz CT molecular complexity index is 1360. The van der Waals surface area contributed by atoms with Gasteiger partial charge >= 0.3 is 5.97 Å². The lowest BCUT2D eigenvalue weighted by Crippen LogP contribution is -2.16. The van der Waals surface area contributed by atoms with E-state index in [9.17, 15) is 14.0 Å². The molecule has 4 aromatic rings. The third kappa shape index (κ3) is 4.19. The maximum absolute atomic E-state index is 13.3. The molecule has 5 heteroatoms. The number of rotatable bonds is 3. The van der Waals surface area contributed by atoms with Gasteiger partial charge in [-0.05, 0) is 54.3 Å². The molecule has 1 aromatic heterocycles. The van der Waals surface area contributed by atoms with Crippen LogP contribution in [0.2, 0.25) is 0 Å². The topological polar surface area (TPSA) is 56.5 Å².